The predicted octanol–water partition coefficient (Wildman–Crippen LogP) is 6.23. The smallest absolute Gasteiger partial charge is 0.459 e. The molecule has 0 bridgehead atoms. The molecule has 0 aromatic rings. The van der Waals surface area contributed by atoms with Gasteiger partial charge in [-0.3, -0.25) is 4.79 Å². The summed E-state index contributed by atoms with van der Waals surface area (Å²) in [6, 6.07) is 0. The molecule has 0 fully saturated rings. The molecule has 10 heteroatoms. The van der Waals surface area contributed by atoms with Gasteiger partial charge in [0, 0.05) is 6.42 Å². The van der Waals surface area contributed by atoms with Crippen LogP contribution in [-0.4, -0.2) is 41.1 Å². The van der Waals surface area contributed by atoms with Crippen LogP contribution in [0.1, 0.15) is 59.3 Å². The second-order valence-electron chi connectivity index (χ2n) is 6.22. The Morgan fingerprint density at radius 3 is 2.04 bits per heavy atom. The third kappa shape index (κ3) is 7.92. The summed E-state index contributed by atoms with van der Waals surface area (Å²) in [5, 5.41) is -0.652. The van der Waals surface area contributed by atoms with Crippen LogP contribution in [-0.2, 0) is 9.53 Å². The summed E-state index contributed by atoms with van der Waals surface area (Å²) in [5.74, 6) is -12.0. The average molecular weight is 414 g/mol. The summed E-state index contributed by atoms with van der Waals surface area (Å²) in [6.07, 6.45) is -6.00. The summed E-state index contributed by atoms with van der Waals surface area (Å²) in [6.45, 7) is 5.24. The van der Waals surface area contributed by atoms with E-state index < -0.39 is 42.1 Å². The molecule has 0 rings (SSSR count). The van der Waals surface area contributed by atoms with Crippen molar-refractivity contribution in [2.75, 3.05) is 5.75 Å². The topological polar surface area (TPSA) is 26.3 Å². The van der Waals surface area contributed by atoms with Crippen LogP contribution in [0.4, 0.5) is 30.7 Å². The number of carbonyl (C=O) groups is 1. The Bertz CT molecular complexity index is 425. The highest BCUT2D eigenvalue weighted by atomic mass is 32.2. The zero-order chi connectivity index (χ0) is 20.6. The van der Waals surface area contributed by atoms with Gasteiger partial charge in [-0.2, -0.15) is 30.7 Å². The van der Waals surface area contributed by atoms with Gasteiger partial charge in [0.05, 0.1) is 6.10 Å². The SMILES string of the molecule is CCCCCC(SCCCC(F)(F)C(F)(F)C(F)(F)F)C(=O)OC(C)C. The van der Waals surface area contributed by atoms with Gasteiger partial charge < -0.3 is 4.74 Å². The Kier molecular flexibility index (Phi) is 10.3. The first-order valence-electron chi connectivity index (χ1n) is 8.40. The van der Waals surface area contributed by atoms with Gasteiger partial charge in [-0.25, -0.2) is 0 Å². The van der Waals surface area contributed by atoms with Crippen molar-refractivity contribution in [2.45, 2.75) is 88.7 Å². The quantitative estimate of drug-likeness (QED) is 0.215. The Hall–Kier alpha value is -0.670. The number of ether oxygens (including phenoxy) is 1. The molecule has 0 aliphatic carbocycles. The average Bonchev–Trinajstić information content (AvgIpc) is 2.47. The van der Waals surface area contributed by atoms with Crippen LogP contribution in [0.25, 0.3) is 0 Å². The van der Waals surface area contributed by atoms with Crippen molar-refractivity contribution in [1.29, 1.82) is 0 Å². The Balaban J connectivity index is 4.63. The monoisotopic (exact) mass is 414 g/mol. The maximum atomic E-state index is 13.2. The van der Waals surface area contributed by atoms with Crippen LogP contribution in [0.5, 0.6) is 0 Å². The highest BCUT2D eigenvalue weighted by Gasteiger charge is 2.72. The van der Waals surface area contributed by atoms with E-state index in [2.05, 4.69) is 0 Å². The number of halogens is 7. The summed E-state index contributed by atoms with van der Waals surface area (Å²) < 4.78 is 93.4. The normalized spacial score (nSPS) is 14.6. The fourth-order valence-corrected chi connectivity index (χ4v) is 3.16. The molecular formula is C16H25F7O2S. The molecule has 0 heterocycles. The first-order chi connectivity index (χ1) is 11.8. The van der Waals surface area contributed by atoms with Crippen LogP contribution >= 0.6 is 11.8 Å². The number of unbranched alkanes of at least 4 members (excludes halogenated alkanes) is 2. The minimum Gasteiger partial charge on any atom is -0.462 e. The fraction of sp³-hybridized carbons (Fsp3) is 0.938. The highest BCUT2D eigenvalue weighted by molar-refractivity contribution is 8.00. The lowest BCUT2D eigenvalue weighted by molar-refractivity contribution is -0.355. The zero-order valence-electron chi connectivity index (χ0n) is 15.0. The first-order valence-corrected chi connectivity index (χ1v) is 9.45. The molecule has 0 aliphatic rings. The molecular weight excluding hydrogens is 389 g/mol. The molecule has 26 heavy (non-hydrogen) atoms. The number of alkyl halides is 7. The van der Waals surface area contributed by atoms with Crippen molar-refractivity contribution < 1.29 is 40.3 Å². The second kappa shape index (κ2) is 10.6. The van der Waals surface area contributed by atoms with E-state index in [4.69, 9.17) is 4.74 Å². The van der Waals surface area contributed by atoms with Crippen LogP contribution in [0.3, 0.4) is 0 Å². The minimum atomic E-state index is -6.31. The second-order valence-corrected chi connectivity index (χ2v) is 7.53. The lowest BCUT2D eigenvalue weighted by Gasteiger charge is -2.28. The van der Waals surface area contributed by atoms with Gasteiger partial charge in [-0.05, 0) is 32.4 Å². The number of thioether (sulfide) groups is 1. The van der Waals surface area contributed by atoms with Crippen molar-refractivity contribution in [1.82, 2.24) is 0 Å². The van der Waals surface area contributed by atoms with E-state index in [9.17, 15) is 35.5 Å². The van der Waals surface area contributed by atoms with Crippen LogP contribution in [0, 0.1) is 0 Å². The standard InChI is InChI=1S/C16H25F7O2S/c1-4-5-6-8-12(13(24)25-11(2)3)26-10-7-9-14(17,18)15(19,20)16(21,22)23/h11-12H,4-10H2,1-3H3. The molecule has 2 nitrogen and oxygen atoms in total. The van der Waals surface area contributed by atoms with Gasteiger partial charge in [-0.1, -0.05) is 26.2 Å². The van der Waals surface area contributed by atoms with Crippen LogP contribution in [0.15, 0.2) is 0 Å². The van der Waals surface area contributed by atoms with E-state index >= 15 is 0 Å². The molecule has 0 amide bonds. The number of rotatable bonds is 12. The molecule has 1 unspecified atom stereocenters. The zero-order valence-corrected chi connectivity index (χ0v) is 15.8. The summed E-state index contributed by atoms with van der Waals surface area (Å²) in [7, 11) is 0. The summed E-state index contributed by atoms with van der Waals surface area (Å²) in [4.78, 5) is 12.0. The first kappa shape index (κ1) is 25.3. The van der Waals surface area contributed by atoms with E-state index in [0.29, 0.717) is 12.8 Å². The Morgan fingerprint density at radius 1 is 1.00 bits per heavy atom. The Morgan fingerprint density at radius 2 is 1.58 bits per heavy atom. The highest BCUT2D eigenvalue weighted by Crippen LogP contribution is 2.48. The fourth-order valence-electron chi connectivity index (χ4n) is 2.04. The molecule has 0 radical (unpaired) electrons. The summed E-state index contributed by atoms with van der Waals surface area (Å²) >= 11 is 0.947. The largest absolute Gasteiger partial charge is 0.462 e. The predicted molar refractivity (Wildman–Crippen MR) is 86.8 cm³/mol. The van der Waals surface area contributed by atoms with Crippen molar-refractivity contribution >= 4 is 17.7 Å². The molecule has 0 aliphatic heterocycles. The lowest BCUT2D eigenvalue weighted by Crippen LogP contribution is -2.51. The lowest BCUT2D eigenvalue weighted by atomic mass is 10.1. The van der Waals surface area contributed by atoms with Crippen molar-refractivity contribution in [2.24, 2.45) is 0 Å². The van der Waals surface area contributed by atoms with E-state index in [-0.39, 0.29) is 11.9 Å². The van der Waals surface area contributed by atoms with Crippen molar-refractivity contribution in [3.8, 4) is 0 Å². The molecule has 0 saturated carbocycles. The number of carbonyl (C=O) groups excluding carboxylic acids is 1. The summed E-state index contributed by atoms with van der Waals surface area (Å²) in [5.41, 5.74) is 0. The Labute approximate surface area is 153 Å². The third-order valence-corrected chi connectivity index (χ3v) is 4.81. The van der Waals surface area contributed by atoms with E-state index in [1.54, 1.807) is 13.8 Å². The molecule has 0 N–H and O–H groups in total. The van der Waals surface area contributed by atoms with E-state index in [1.165, 1.54) is 0 Å². The molecule has 0 aromatic carbocycles. The van der Waals surface area contributed by atoms with Gasteiger partial charge in [-0.15, -0.1) is 11.8 Å². The molecule has 0 saturated heterocycles. The van der Waals surface area contributed by atoms with Gasteiger partial charge in [0.25, 0.3) is 0 Å². The molecule has 1 atom stereocenters. The van der Waals surface area contributed by atoms with Crippen LogP contribution < -0.4 is 0 Å². The van der Waals surface area contributed by atoms with E-state index in [0.717, 1.165) is 24.6 Å². The number of esters is 1. The maximum Gasteiger partial charge on any atom is 0.459 e. The van der Waals surface area contributed by atoms with Crippen molar-refractivity contribution in [3.05, 3.63) is 0 Å². The molecule has 156 valence electrons. The van der Waals surface area contributed by atoms with Gasteiger partial charge in [0.2, 0.25) is 0 Å². The van der Waals surface area contributed by atoms with Gasteiger partial charge >= 0.3 is 24.0 Å². The van der Waals surface area contributed by atoms with Gasteiger partial charge in [0.1, 0.15) is 5.25 Å². The van der Waals surface area contributed by atoms with Crippen LogP contribution in [0.2, 0.25) is 0 Å². The maximum absolute atomic E-state index is 13.2. The van der Waals surface area contributed by atoms with Gasteiger partial charge in [0.15, 0.2) is 0 Å². The molecule has 0 aromatic heterocycles. The molecule has 0 spiro atoms. The van der Waals surface area contributed by atoms with Crippen molar-refractivity contribution in [3.63, 3.8) is 0 Å². The minimum absolute atomic E-state index is 0.145. The number of hydrogen-bond acceptors (Lipinski definition) is 3. The van der Waals surface area contributed by atoms with E-state index in [1.807, 2.05) is 6.92 Å². The third-order valence-electron chi connectivity index (χ3n) is 3.45. The number of hydrogen-bond donors (Lipinski definition) is 0.